The summed E-state index contributed by atoms with van der Waals surface area (Å²) in [5.74, 6) is -0.620. The second kappa shape index (κ2) is 5.74. The molecule has 1 aromatic carbocycles. The molecule has 19 heavy (non-hydrogen) atoms. The normalized spacial score (nSPS) is 19.3. The van der Waals surface area contributed by atoms with E-state index in [1.165, 1.54) is 11.1 Å². The van der Waals surface area contributed by atoms with Crippen LogP contribution < -0.4 is 0 Å². The van der Waals surface area contributed by atoms with E-state index >= 15 is 0 Å². The molecule has 3 nitrogen and oxygen atoms in total. The summed E-state index contributed by atoms with van der Waals surface area (Å²) in [6.07, 6.45) is 2.27. The van der Waals surface area contributed by atoms with Crippen LogP contribution in [0.4, 0.5) is 0 Å². The van der Waals surface area contributed by atoms with Crippen molar-refractivity contribution < 1.29 is 9.90 Å². The van der Waals surface area contributed by atoms with E-state index in [0.717, 1.165) is 38.9 Å². The molecule has 0 bridgehead atoms. The first-order valence-corrected chi connectivity index (χ1v) is 7.07. The molecule has 0 aromatic heterocycles. The molecule has 0 unspecified atom stereocenters. The number of aliphatic carboxylic acids is 1. The maximum Gasteiger partial charge on any atom is 0.309 e. The lowest BCUT2D eigenvalue weighted by molar-refractivity contribution is -0.152. The molecule has 1 saturated heterocycles. The van der Waals surface area contributed by atoms with Crippen LogP contribution in [0.3, 0.4) is 0 Å². The average Bonchev–Trinajstić information content (AvgIpc) is 2.42. The van der Waals surface area contributed by atoms with Crippen molar-refractivity contribution in [3.05, 3.63) is 35.4 Å². The molecule has 1 fully saturated rings. The van der Waals surface area contributed by atoms with Crippen molar-refractivity contribution >= 4 is 5.97 Å². The van der Waals surface area contributed by atoms with Crippen molar-refractivity contribution in [3.8, 4) is 0 Å². The van der Waals surface area contributed by atoms with Gasteiger partial charge in [-0.15, -0.1) is 0 Å². The zero-order valence-electron chi connectivity index (χ0n) is 11.9. The Bertz CT molecular complexity index is 431. The molecule has 2 rings (SSSR count). The third-order valence-corrected chi connectivity index (χ3v) is 4.47. The largest absolute Gasteiger partial charge is 0.481 e. The lowest BCUT2D eigenvalue weighted by Gasteiger charge is -2.38. The third kappa shape index (κ3) is 3.16. The van der Waals surface area contributed by atoms with Gasteiger partial charge in [-0.05, 0) is 44.8 Å². The Morgan fingerprint density at radius 2 is 1.84 bits per heavy atom. The van der Waals surface area contributed by atoms with Crippen molar-refractivity contribution in [3.63, 3.8) is 0 Å². The van der Waals surface area contributed by atoms with Crippen LogP contribution in [0.2, 0.25) is 0 Å². The zero-order chi connectivity index (χ0) is 13.9. The lowest BCUT2D eigenvalue weighted by Crippen LogP contribution is -2.43. The molecule has 104 valence electrons. The summed E-state index contributed by atoms with van der Waals surface area (Å²) < 4.78 is 0. The topological polar surface area (TPSA) is 40.5 Å². The maximum atomic E-state index is 11.4. The van der Waals surface area contributed by atoms with Gasteiger partial charge in [0, 0.05) is 6.54 Å². The van der Waals surface area contributed by atoms with Gasteiger partial charge >= 0.3 is 5.97 Å². The molecule has 1 aliphatic heterocycles. The number of likely N-dealkylation sites (tertiary alicyclic amines) is 1. The van der Waals surface area contributed by atoms with Crippen LogP contribution in [0.15, 0.2) is 24.3 Å². The predicted molar refractivity (Wildman–Crippen MR) is 76.0 cm³/mol. The van der Waals surface area contributed by atoms with Gasteiger partial charge in [0.25, 0.3) is 0 Å². The Hall–Kier alpha value is -1.35. The zero-order valence-corrected chi connectivity index (χ0v) is 11.9. The summed E-state index contributed by atoms with van der Waals surface area (Å²) in [5, 5.41) is 9.38. The summed E-state index contributed by atoms with van der Waals surface area (Å²) >= 11 is 0. The average molecular weight is 261 g/mol. The fourth-order valence-corrected chi connectivity index (χ4v) is 2.81. The van der Waals surface area contributed by atoms with E-state index in [1.54, 1.807) is 0 Å². The van der Waals surface area contributed by atoms with Gasteiger partial charge in [0.05, 0.1) is 5.41 Å². The van der Waals surface area contributed by atoms with Gasteiger partial charge in [0.15, 0.2) is 0 Å². The van der Waals surface area contributed by atoms with Gasteiger partial charge in [-0.1, -0.05) is 36.8 Å². The number of hydrogen-bond acceptors (Lipinski definition) is 2. The molecule has 0 atom stereocenters. The summed E-state index contributed by atoms with van der Waals surface area (Å²) in [7, 11) is 0. The predicted octanol–water partition coefficient (Wildman–Crippen LogP) is 3.07. The Labute approximate surface area is 115 Å². The number of piperidine rings is 1. The molecular formula is C16H23NO2. The summed E-state index contributed by atoms with van der Waals surface area (Å²) in [5.41, 5.74) is 2.10. The lowest BCUT2D eigenvalue weighted by atomic mass is 9.76. The number of rotatable bonds is 4. The first-order chi connectivity index (χ1) is 9.05. The molecule has 0 aliphatic carbocycles. The van der Waals surface area contributed by atoms with Crippen LogP contribution in [0, 0.1) is 12.3 Å². The van der Waals surface area contributed by atoms with E-state index < -0.39 is 11.4 Å². The monoisotopic (exact) mass is 261 g/mol. The van der Waals surface area contributed by atoms with Gasteiger partial charge in [-0.3, -0.25) is 9.69 Å². The van der Waals surface area contributed by atoms with Crippen molar-refractivity contribution in [1.82, 2.24) is 4.90 Å². The van der Waals surface area contributed by atoms with Crippen LogP contribution in [0.1, 0.15) is 37.3 Å². The molecule has 1 heterocycles. The Morgan fingerprint density at radius 1 is 1.26 bits per heavy atom. The highest BCUT2D eigenvalue weighted by atomic mass is 16.4. The van der Waals surface area contributed by atoms with Gasteiger partial charge in [-0.2, -0.15) is 0 Å². The Balaban J connectivity index is 1.93. The SMILES string of the molecule is CCC1(C(=O)O)CCN(Cc2ccc(C)cc2)CC1. The smallest absolute Gasteiger partial charge is 0.309 e. The quantitative estimate of drug-likeness (QED) is 0.905. The number of aryl methyl sites for hydroxylation is 1. The van der Waals surface area contributed by atoms with Crippen molar-refractivity contribution in [2.75, 3.05) is 13.1 Å². The van der Waals surface area contributed by atoms with Gasteiger partial charge in [0.2, 0.25) is 0 Å². The number of carboxylic acid groups (broad SMARTS) is 1. The molecular weight excluding hydrogens is 238 g/mol. The Kier molecular flexibility index (Phi) is 4.25. The summed E-state index contributed by atoms with van der Waals surface area (Å²) in [6.45, 7) is 6.78. The molecule has 1 N–H and O–H groups in total. The molecule has 3 heteroatoms. The van der Waals surface area contributed by atoms with Gasteiger partial charge in [0.1, 0.15) is 0 Å². The van der Waals surface area contributed by atoms with Crippen molar-refractivity contribution in [2.45, 2.75) is 39.7 Å². The minimum Gasteiger partial charge on any atom is -0.481 e. The molecule has 1 aliphatic rings. The van der Waals surface area contributed by atoms with Crippen LogP contribution in [0.5, 0.6) is 0 Å². The second-order valence-corrected chi connectivity index (χ2v) is 5.70. The van der Waals surface area contributed by atoms with Crippen LogP contribution in [0.25, 0.3) is 0 Å². The second-order valence-electron chi connectivity index (χ2n) is 5.70. The van der Waals surface area contributed by atoms with E-state index in [0.29, 0.717) is 0 Å². The molecule has 1 aromatic rings. The highest BCUT2D eigenvalue weighted by Crippen LogP contribution is 2.35. The fraction of sp³-hybridized carbons (Fsp3) is 0.562. The standard InChI is InChI=1S/C16H23NO2/c1-3-16(15(18)19)8-10-17(11-9-16)12-14-6-4-13(2)5-7-14/h4-7H,3,8-12H2,1-2H3,(H,18,19). The summed E-state index contributed by atoms with van der Waals surface area (Å²) in [6, 6.07) is 8.59. The molecule has 0 saturated carbocycles. The number of hydrogen-bond donors (Lipinski definition) is 1. The first kappa shape index (κ1) is 14.1. The minimum absolute atomic E-state index is 0.482. The van der Waals surface area contributed by atoms with E-state index in [1.807, 2.05) is 6.92 Å². The highest BCUT2D eigenvalue weighted by molar-refractivity contribution is 5.74. The number of carboxylic acids is 1. The van der Waals surface area contributed by atoms with Crippen LogP contribution >= 0.6 is 0 Å². The number of nitrogens with zero attached hydrogens (tertiary/aromatic N) is 1. The first-order valence-electron chi connectivity index (χ1n) is 7.07. The molecule has 0 spiro atoms. The Morgan fingerprint density at radius 3 is 2.32 bits per heavy atom. The third-order valence-electron chi connectivity index (χ3n) is 4.47. The van der Waals surface area contributed by atoms with E-state index in [4.69, 9.17) is 0 Å². The van der Waals surface area contributed by atoms with Gasteiger partial charge < -0.3 is 5.11 Å². The fourth-order valence-electron chi connectivity index (χ4n) is 2.81. The highest BCUT2D eigenvalue weighted by Gasteiger charge is 2.39. The number of carbonyl (C=O) groups is 1. The summed E-state index contributed by atoms with van der Waals surface area (Å²) in [4.78, 5) is 13.8. The minimum atomic E-state index is -0.620. The van der Waals surface area contributed by atoms with Crippen molar-refractivity contribution in [1.29, 1.82) is 0 Å². The van der Waals surface area contributed by atoms with Crippen molar-refractivity contribution in [2.24, 2.45) is 5.41 Å². The number of benzene rings is 1. The van der Waals surface area contributed by atoms with E-state index in [2.05, 4.69) is 36.1 Å². The molecule has 0 amide bonds. The van der Waals surface area contributed by atoms with E-state index in [9.17, 15) is 9.90 Å². The van der Waals surface area contributed by atoms with Crippen LogP contribution in [-0.2, 0) is 11.3 Å². The molecule has 0 radical (unpaired) electrons. The maximum absolute atomic E-state index is 11.4. The van der Waals surface area contributed by atoms with Gasteiger partial charge in [-0.25, -0.2) is 0 Å². The van der Waals surface area contributed by atoms with E-state index in [-0.39, 0.29) is 0 Å². The van der Waals surface area contributed by atoms with Crippen LogP contribution in [-0.4, -0.2) is 29.1 Å².